The van der Waals surface area contributed by atoms with Crippen molar-refractivity contribution in [3.8, 4) is 0 Å². The van der Waals surface area contributed by atoms with E-state index in [1.807, 2.05) is 0 Å². The first-order valence-electron chi connectivity index (χ1n) is 6.01. The zero-order chi connectivity index (χ0) is 15.4. The Morgan fingerprint density at radius 1 is 1.43 bits per heavy atom. The highest BCUT2D eigenvalue weighted by Crippen LogP contribution is 2.21. The molecule has 2 rings (SSSR count). The molecule has 0 atom stereocenters. The summed E-state index contributed by atoms with van der Waals surface area (Å²) in [6, 6.07) is 4.79. The van der Waals surface area contributed by atoms with Crippen LogP contribution in [-0.4, -0.2) is 26.0 Å². The summed E-state index contributed by atoms with van der Waals surface area (Å²) in [6.45, 7) is 1.94. The van der Waals surface area contributed by atoms with Gasteiger partial charge in [-0.05, 0) is 12.5 Å². The van der Waals surface area contributed by atoms with E-state index in [2.05, 4.69) is 15.3 Å². The number of anilines is 1. The first-order chi connectivity index (χ1) is 9.99. The fourth-order valence-electron chi connectivity index (χ4n) is 1.80. The normalized spacial score (nSPS) is 10.1. The summed E-state index contributed by atoms with van der Waals surface area (Å²) in [4.78, 5) is 28.9. The maximum atomic E-state index is 10.9. The minimum atomic E-state index is -1.17. The molecule has 1 aromatic carbocycles. The van der Waals surface area contributed by atoms with Crippen molar-refractivity contribution in [1.82, 2.24) is 9.97 Å². The maximum absolute atomic E-state index is 10.9. The third-order valence-corrected chi connectivity index (χ3v) is 2.93. The van der Waals surface area contributed by atoms with Crippen molar-refractivity contribution < 1.29 is 14.8 Å². The molecule has 8 nitrogen and oxygen atoms in total. The lowest BCUT2D eigenvalue weighted by Gasteiger charge is -2.08. The number of nitrogens with zero attached hydrogens (tertiary/aromatic N) is 3. The summed E-state index contributed by atoms with van der Waals surface area (Å²) in [7, 11) is 0. The number of nitrogens with one attached hydrogen (secondary N) is 1. The van der Waals surface area contributed by atoms with Crippen LogP contribution in [0.1, 0.15) is 21.6 Å². The Morgan fingerprint density at radius 3 is 2.86 bits per heavy atom. The van der Waals surface area contributed by atoms with Gasteiger partial charge in [0.05, 0.1) is 17.3 Å². The van der Waals surface area contributed by atoms with Gasteiger partial charge in [-0.1, -0.05) is 12.1 Å². The van der Waals surface area contributed by atoms with E-state index in [9.17, 15) is 14.9 Å². The maximum Gasteiger partial charge on any atom is 0.356 e. The van der Waals surface area contributed by atoms with E-state index >= 15 is 0 Å². The standard InChI is InChI=1S/C13H12N4O4/c1-8-9(3-2-4-11(8)17(20)21)5-15-12-7-14-6-10(16-12)13(18)19/h2-4,6-7H,5H2,1H3,(H,15,16)(H,18,19). The minimum absolute atomic E-state index is 0.0414. The zero-order valence-corrected chi connectivity index (χ0v) is 11.1. The van der Waals surface area contributed by atoms with Gasteiger partial charge in [0.15, 0.2) is 5.69 Å². The number of hydrogen-bond donors (Lipinski definition) is 2. The Kier molecular flexibility index (Phi) is 4.07. The molecule has 21 heavy (non-hydrogen) atoms. The van der Waals surface area contributed by atoms with Gasteiger partial charge in [-0.3, -0.25) is 15.1 Å². The van der Waals surface area contributed by atoms with Gasteiger partial charge in [0.25, 0.3) is 5.69 Å². The Labute approximate surface area is 119 Å². The molecule has 1 aromatic heterocycles. The van der Waals surface area contributed by atoms with E-state index in [1.54, 1.807) is 19.1 Å². The minimum Gasteiger partial charge on any atom is -0.476 e. The number of carboxylic acid groups (broad SMARTS) is 1. The van der Waals surface area contributed by atoms with Crippen molar-refractivity contribution in [2.45, 2.75) is 13.5 Å². The highest BCUT2D eigenvalue weighted by molar-refractivity contribution is 5.85. The summed E-state index contributed by atoms with van der Waals surface area (Å²) >= 11 is 0. The molecular formula is C13H12N4O4. The van der Waals surface area contributed by atoms with E-state index in [0.29, 0.717) is 11.4 Å². The molecule has 0 unspecified atom stereocenters. The van der Waals surface area contributed by atoms with Crippen LogP contribution in [0.3, 0.4) is 0 Å². The number of hydrogen-bond acceptors (Lipinski definition) is 6. The summed E-state index contributed by atoms with van der Waals surface area (Å²) in [5, 5.41) is 22.6. The molecule has 108 valence electrons. The topological polar surface area (TPSA) is 118 Å². The van der Waals surface area contributed by atoms with Gasteiger partial charge < -0.3 is 10.4 Å². The Bertz CT molecular complexity index is 702. The molecule has 0 saturated carbocycles. The summed E-state index contributed by atoms with van der Waals surface area (Å²) in [5.41, 5.74) is 1.15. The Hall–Kier alpha value is -3.03. The smallest absolute Gasteiger partial charge is 0.356 e. The van der Waals surface area contributed by atoms with Crippen molar-refractivity contribution in [1.29, 1.82) is 0 Å². The number of rotatable bonds is 5. The average Bonchev–Trinajstić information content (AvgIpc) is 2.46. The first kappa shape index (κ1) is 14.4. The molecule has 0 radical (unpaired) electrons. The van der Waals surface area contributed by atoms with Gasteiger partial charge in [-0.15, -0.1) is 0 Å². The number of nitro benzene ring substituents is 1. The van der Waals surface area contributed by atoms with E-state index in [-0.39, 0.29) is 17.9 Å². The van der Waals surface area contributed by atoms with Gasteiger partial charge in [-0.2, -0.15) is 0 Å². The predicted octanol–water partition coefficient (Wildman–Crippen LogP) is 2.00. The lowest BCUT2D eigenvalue weighted by Crippen LogP contribution is -2.08. The molecule has 2 N–H and O–H groups in total. The summed E-state index contributed by atoms with van der Waals surface area (Å²) in [5.74, 6) is -0.876. The van der Waals surface area contributed by atoms with Gasteiger partial charge in [-0.25, -0.2) is 9.78 Å². The van der Waals surface area contributed by atoms with Crippen LogP contribution in [0.15, 0.2) is 30.6 Å². The van der Waals surface area contributed by atoms with Gasteiger partial charge in [0, 0.05) is 18.2 Å². The van der Waals surface area contributed by atoms with Gasteiger partial charge >= 0.3 is 5.97 Å². The van der Waals surface area contributed by atoms with Crippen molar-refractivity contribution >= 4 is 17.5 Å². The highest BCUT2D eigenvalue weighted by Gasteiger charge is 2.13. The fourth-order valence-corrected chi connectivity index (χ4v) is 1.80. The van der Waals surface area contributed by atoms with E-state index in [4.69, 9.17) is 5.11 Å². The lowest BCUT2D eigenvalue weighted by molar-refractivity contribution is -0.385. The molecule has 0 fully saturated rings. The Balaban J connectivity index is 2.17. The van der Waals surface area contributed by atoms with Crippen LogP contribution in [0.5, 0.6) is 0 Å². The van der Waals surface area contributed by atoms with Crippen molar-refractivity contribution in [3.05, 3.63) is 57.5 Å². The van der Waals surface area contributed by atoms with E-state index in [1.165, 1.54) is 12.3 Å². The number of aromatic nitrogens is 2. The molecule has 1 heterocycles. The molecule has 2 aromatic rings. The first-order valence-corrected chi connectivity index (χ1v) is 6.01. The SMILES string of the molecule is Cc1c(CNc2cncc(C(=O)O)n2)cccc1[N+](=O)[O-]. The van der Waals surface area contributed by atoms with Crippen molar-refractivity contribution in [2.75, 3.05) is 5.32 Å². The summed E-state index contributed by atoms with van der Waals surface area (Å²) in [6.07, 6.45) is 2.53. The van der Waals surface area contributed by atoms with Crippen molar-refractivity contribution in [2.24, 2.45) is 0 Å². The Morgan fingerprint density at radius 2 is 2.19 bits per heavy atom. The van der Waals surface area contributed by atoms with Crippen LogP contribution < -0.4 is 5.32 Å². The van der Waals surface area contributed by atoms with Gasteiger partial charge in [0.2, 0.25) is 0 Å². The van der Waals surface area contributed by atoms with Crippen LogP contribution >= 0.6 is 0 Å². The van der Waals surface area contributed by atoms with Crippen LogP contribution in [0.2, 0.25) is 0 Å². The molecule has 0 bridgehead atoms. The quantitative estimate of drug-likeness (QED) is 0.638. The number of nitro groups is 1. The number of carboxylic acids is 1. The molecule has 0 aliphatic rings. The van der Waals surface area contributed by atoms with E-state index < -0.39 is 10.9 Å². The molecule has 0 spiro atoms. The monoisotopic (exact) mass is 288 g/mol. The molecular weight excluding hydrogens is 276 g/mol. The van der Waals surface area contributed by atoms with Crippen LogP contribution in [-0.2, 0) is 6.54 Å². The van der Waals surface area contributed by atoms with Crippen LogP contribution in [0, 0.1) is 17.0 Å². The molecule has 0 aliphatic heterocycles. The molecule has 8 heteroatoms. The predicted molar refractivity (Wildman–Crippen MR) is 74.2 cm³/mol. The number of benzene rings is 1. The second-order valence-electron chi connectivity index (χ2n) is 4.27. The van der Waals surface area contributed by atoms with Crippen LogP contribution in [0.25, 0.3) is 0 Å². The second kappa shape index (κ2) is 5.95. The summed E-state index contributed by atoms with van der Waals surface area (Å²) < 4.78 is 0. The second-order valence-corrected chi connectivity index (χ2v) is 4.27. The van der Waals surface area contributed by atoms with E-state index in [0.717, 1.165) is 11.8 Å². The average molecular weight is 288 g/mol. The van der Waals surface area contributed by atoms with Gasteiger partial charge in [0.1, 0.15) is 5.82 Å². The molecule has 0 saturated heterocycles. The van der Waals surface area contributed by atoms with Crippen molar-refractivity contribution in [3.63, 3.8) is 0 Å². The fraction of sp³-hybridized carbons (Fsp3) is 0.154. The molecule has 0 amide bonds. The lowest BCUT2D eigenvalue weighted by atomic mass is 10.1. The zero-order valence-electron chi connectivity index (χ0n) is 11.1. The largest absolute Gasteiger partial charge is 0.476 e. The highest BCUT2D eigenvalue weighted by atomic mass is 16.6. The third kappa shape index (κ3) is 3.30. The van der Waals surface area contributed by atoms with Crippen LogP contribution in [0.4, 0.5) is 11.5 Å². The molecule has 0 aliphatic carbocycles. The number of carbonyl (C=O) groups is 1. The third-order valence-electron chi connectivity index (χ3n) is 2.93. The number of aromatic carboxylic acids is 1.